The van der Waals surface area contributed by atoms with Crippen LogP contribution >= 0.6 is 28.1 Å². The first-order valence-corrected chi connectivity index (χ1v) is 11.6. The van der Waals surface area contributed by atoms with Gasteiger partial charge in [-0.1, -0.05) is 53.2 Å². The lowest BCUT2D eigenvalue weighted by Crippen LogP contribution is -2.08. The van der Waals surface area contributed by atoms with Crippen LogP contribution in [0.2, 0.25) is 0 Å². The van der Waals surface area contributed by atoms with Crippen LogP contribution in [-0.4, -0.2) is 14.8 Å². The van der Waals surface area contributed by atoms with Gasteiger partial charge in [0.15, 0.2) is 5.69 Å². The second kappa shape index (κ2) is 9.80. The first-order valence-electron chi connectivity index (χ1n) is 10.4. The molecule has 0 aliphatic heterocycles. The molecule has 0 aliphatic rings. The van der Waals surface area contributed by atoms with Crippen molar-refractivity contribution in [3.05, 3.63) is 87.6 Å². The van der Waals surface area contributed by atoms with Gasteiger partial charge in [0, 0.05) is 15.5 Å². The number of halogens is 2. The summed E-state index contributed by atoms with van der Waals surface area (Å²) in [5, 5.41) is 23.6. The molecule has 0 amide bonds. The Morgan fingerprint density at radius 3 is 2.64 bits per heavy atom. The molecule has 5 nitrogen and oxygen atoms in total. The van der Waals surface area contributed by atoms with Crippen LogP contribution in [-0.2, 0) is 13.0 Å². The van der Waals surface area contributed by atoms with Crippen LogP contribution in [0.15, 0.2) is 75.4 Å². The second-order valence-corrected chi connectivity index (χ2v) is 8.94. The minimum atomic E-state index is -0.306. The molecule has 0 aliphatic carbocycles. The second-order valence-electron chi connectivity index (χ2n) is 7.64. The van der Waals surface area contributed by atoms with E-state index in [0.717, 1.165) is 44.2 Å². The topological polar surface area (TPSA) is 61.9 Å². The van der Waals surface area contributed by atoms with Crippen molar-refractivity contribution in [1.29, 1.82) is 0 Å². The number of hydrogen-bond acceptors (Lipinski definition) is 3. The lowest BCUT2D eigenvalue weighted by atomic mass is 10.1. The maximum absolute atomic E-state index is 13.3. The van der Waals surface area contributed by atoms with E-state index >= 15 is 0 Å². The fourth-order valence-electron chi connectivity index (χ4n) is 3.76. The zero-order chi connectivity index (χ0) is 23.5. The molecule has 0 unspecified atom stereocenters. The molecule has 0 fully saturated rings. The summed E-state index contributed by atoms with van der Waals surface area (Å²) in [5.41, 5.74) is 5.07. The first-order chi connectivity index (χ1) is 15.9. The van der Waals surface area contributed by atoms with Gasteiger partial charge in [-0.15, -0.1) is 10.2 Å². The molecule has 0 saturated carbocycles. The minimum Gasteiger partial charge on any atom is -0.493 e. The monoisotopic (exact) mass is 524 g/mol. The number of aromatic hydroxyl groups is 1. The third kappa shape index (κ3) is 4.96. The Bertz CT molecular complexity index is 1370. The number of para-hydroxylation sites is 1. The third-order valence-corrected chi connectivity index (χ3v) is 6.12. The van der Waals surface area contributed by atoms with Crippen molar-refractivity contribution in [2.24, 2.45) is 10.2 Å². The molecule has 0 spiro atoms. The molecule has 3 aromatic carbocycles. The Labute approximate surface area is 205 Å². The van der Waals surface area contributed by atoms with Crippen LogP contribution in [0.4, 0.5) is 15.8 Å². The van der Waals surface area contributed by atoms with E-state index in [4.69, 9.17) is 12.2 Å². The summed E-state index contributed by atoms with van der Waals surface area (Å²) in [4.78, 5) is 0. The molecule has 168 valence electrons. The lowest BCUT2D eigenvalue weighted by molar-refractivity contribution is 0.429. The Hall–Kier alpha value is -3.10. The van der Waals surface area contributed by atoms with Gasteiger partial charge in [0.05, 0.1) is 12.1 Å². The molecule has 33 heavy (non-hydrogen) atoms. The van der Waals surface area contributed by atoms with E-state index in [2.05, 4.69) is 38.4 Å². The van der Waals surface area contributed by atoms with Crippen molar-refractivity contribution in [3.63, 3.8) is 0 Å². The minimum absolute atomic E-state index is 0.0379. The van der Waals surface area contributed by atoms with E-state index in [1.807, 2.05) is 43.3 Å². The van der Waals surface area contributed by atoms with Crippen molar-refractivity contribution in [3.8, 4) is 5.88 Å². The summed E-state index contributed by atoms with van der Waals surface area (Å²) in [5.74, 6) is -0.344. The molecule has 0 atom stereocenters. The highest BCUT2D eigenvalue weighted by Crippen LogP contribution is 2.40. The number of nitrogens with zero attached hydrogens (tertiary/aromatic N) is 3. The number of aromatic nitrogens is 1. The Morgan fingerprint density at radius 2 is 1.91 bits per heavy atom. The highest BCUT2D eigenvalue weighted by molar-refractivity contribution is 9.10. The van der Waals surface area contributed by atoms with Gasteiger partial charge in [0.25, 0.3) is 0 Å². The molecule has 0 saturated heterocycles. The van der Waals surface area contributed by atoms with Gasteiger partial charge in [-0.2, -0.15) is 0 Å². The fraction of sp³-hybridized carbons (Fsp3) is 0.160. The summed E-state index contributed by atoms with van der Waals surface area (Å²) in [6, 6.07) is 17.9. The quantitative estimate of drug-likeness (QED) is 0.208. The van der Waals surface area contributed by atoms with E-state index in [9.17, 15) is 9.50 Å². The average molecular weight is 525 g/mol. The lowest BCUT2D eigenvalue weighted by Gasteiger charge is -2.12. The molecule has 4 rings (SSSR count). The number of nitrogens with one attached hydrogen (secondary N) is 1. The number of aryl methyl sites for hydroxylation is 2. The first kappa shape index (κ1) is 23.1. The van der Waals surface area contributed by atoms with Gasteiger partial charge < -0.3 is 15.0 Å². The predicted octanol–water partition coefficient (Wildman–Crippen LogP) is 7.65. The smallest absolute Gasteiger partial charge is 0.221 e. The zero-order valence-electron chi connectivity index (χ0n) is 18.1. The molecule has 1 heterocycles. The largest absolute Gasteiger partial charge is 0.493 e. The van der Waals surface area contributed by atoms with E-state index in [1.165, 1.54) is 12.1 Å². The van der Waals surface area contributed by atoms with Gasteiger partial charge in [0.1, 0.15) is 5.82 Å². The van der Waals surface area contributed by atoms with Gasteiger partial charge in [0.2, 0.25) is 11.0 Å². The standard InChI is InChI=1S/C25H22BrFN4OS/c1-3-17-6-4-5-15(2)22(17)28-25(33)30-29-23-20-13-18(26)9-12-21(20)31(24(23)32)14-16-7-10-19(27)11-8-16/h4-13,32H,3,14H2,1-2H3,(H,28,33). The molecule has 0 bridgehead atoms. The number of benzene rings is 3. The van der Waals surface area contributed by atoms with E-state index in [-0.39, 0.29) is 16.8 Å². The van der Waals surface area contributed by atoms with Crippen LogP contribution in [0, 0.1) is 12.7 Å². The van der Waals surface area contributed by atoms with Crippen molar-refractivity contribution in [2.75, 3.05) is 5.32 Å². The van der Waals surface area contributed by atoms with Crippen LogP contribution in [0.1, 0.15) is 23.6 Å². The van der Waals surface area contributed by atoms with Crippen LogP contribution in [0.25, 0.3) is 10.9 Å². The van der Waals surface area contributed by atoms with Crippen LogP contribution < -0.4 is 5.32 Å². The number of thiocarbonyl (C=S) groups is 1. The molecular weight excluding hydrogens is 503 g/mol. The van der Waals surface area contributed by atoms with Gasteiger partial charge in [-0.3, -0.25) is 0 Å². The maximum Gasteiger partial charge on any atom is 0.221 e. The summed E-state index contributed by atoms with van der Waals surface area (Å²) in [6.45, 7) is 4.44. The third-order valence-electron chi connectivity index (χ3n) is 5.44. The van der Waals surface area contributed by atoms with Crippen LogP contribution in [0.3, 0.4) is 0 Å². The summed E-state index contributed by atoms with van der Waals surface area (Å²) in [6.07, 6.45) is 0.857. The number of hydrogen-bond donors (Lipinski definition) is 2. The highest BCUT2D eigenvalue weighted by atomic mass is 79.9. The van der Waals surface area contributed by atoms with E-state index in [0.29, 0.717) is 12.2 Å². The zero-order valence-corrected chi connectivity index (χ0v) is 20.5. The molecule has 2 N–H and O–H groups in total. The number of anilines is 1. The number of rotatable bonds is 5. The summed E-state index contributed by atoms with van der Waals surface area (Å²) >= 11 is 8.89. The summed E-state index contributed by atoms with van der Waals surface area (Å²) in [7, 11) is 0. The van der Waals surface area contributed by atoms with E-state index < -0.39 is 0 Å². The SMILES string of the molecule is CCc1cccc(C)c1NC(=S)N=Nc1c(O)n(Cc2ccc(F)cc2)c2ccc(Br)cc12. The van der Waals surface area contributed by atoms with Crippen LogP contribution in [0.5, 0.6) is 5.88 Å². The van der Waals surface area contributed by atoms with Gasteiger partial charge in [-0.25, -0.2) is 4.39 Å². The van der Waals surface area contributed by atoms with E-state index in [1.54, 1.807) is 16.7 Å². The molecule has 8 heteroatoms. The Balaban J connectivity index is 1.68. The number of fused-ring (bicyclic) bond motifs is 1. The van der Waals surface area contributed by atoms with Gasteiger partial charge >= 0.3 is 0 Å². The highest BCUT2D eigenvalue weighted by Gasteiger charge is 2.18. The van der Waals surface area contributed by atoms with Crippen molar-refractivity contribution in [2.45, 2.75) is 26.8 Å². The normalized spacial score (nSPS) is 11.4. The van der Waals surface area contributed by atoms with Gasteiger partial charge in [-0.05, 0) is 72.6 Å². The summed E-state index contributed by atoms with van der Waals surface area (Å²) < 4.78 is 15.9. The Kier molecular flexibility index (Phi) is 6.85. The van der Waals surface area contributed by atoms with Crippen molar-refractivity contribution in [1.82, 2.24) is 4.57 Å². The number of azo groups is 1. The van der Waals surface area contributed by atoms with Crippen molar-refractivity contribution < 1.29 is 9.50 Å². The fourth-order valence-corrected chi connectivity index (χ4v) is 4.26. The molecule has 4 aromatic rings. The molecule has 0 radical (unpaired) electrons. The predicted molar refractivity (Wildman–Crippen MR) is 138 cm³/mol. The maximum atomic E-state index is 13.3. The average Bonchev–Trinajstić information content (AvgIpc) is 3.05. The van der Waals surface area contributed by atoms with Crippen molar-refractivity contribution >= 4 is 55.5 Å². The molecule has 1 aromatic heterocycles. The Morgan fingerprint density at radius 1 is 1.15 bits per heavy atom. The molecular formula is C25H22BrFN4OS.